The molecular formula is C12H11F2N3O2S. The van der Waals surface area contributed by atoms with Gasteiger partial charge in [-0.2, -0.15) is 13.9 Å². The average molecular weight is 299 g/mol. The third-order valence-corrected chi connectivity index (χ3v) is 3.34. The van der Waals surface area contributed by atoms with Gasteiger partial charge in [0.25, 0.3) is 0 Å². The summed E-state index contributed by atoms with van der Waals surface area (Å²) in [4.78, 5) is 11.2. The molecule has 2 rings (SSSR count). The number of thioether (sulfide) groups is 1. The predicted molar refractivity (Wildman–Crippen MR) is 73.3 cm³/mol. The number of amidine groups is 1. The van der Waals surface area contributed by atoms with Gasteiger partial charge in [0.05, 0.1) is 11.5 Å². The van der Waals surface area contributed by atoms with Crippen molar-refractivity contribution < 1.29 is 18.3 Å². The van der Waals surface area contributed by atoms with Crippen molar-refractivity contribution in [2.24, 2.45) is 10.2 Å². The Morgan fingerprint density at radius 1 is 1.45 bits per heavy atom. The third kappa shape index (κ3) is 3.77. The molecule has 5 nitrogen and oxygen atoms in total. The first kappa shape index (κ1) is 14.4. The van der Waals surface area contributed by atoms with Crippen LogP contribution in [0.15, 0.2) is 34.5 Å². The van der Waals surface area contributed by atoms with Crippen molar-refractivity contribution >= 4 is 29.1 Å². The van der Waals surface area contributed by atoms with Crippen LogP contribution in [-0.4, -0.2) is 29.2 Å². The third-order valence-electron chi connectivity index (χ3n) is 2.37. The summed E-state index contributed by atoms with van der Waals surface area (Å²) in [6.07, 6.45) is 1.29. The highest BCUT2D eigenvalue weighted by atomic mass is 32.2. The monoisotopic (exact) mass is 299 g/mol. The lowest BCUT2D eigenvalue weighted by Crippen LogP contribution is -2.23. The van der Waals surface area contributed by atoms with E-state index in [4.69, 9.17) is 0 Å². The van der Waals surface area contributed by atoms with Crippen LogP contribution in [0, 0.1) is 0 Å². The molecule has 8 heteroatoms. The molecule has 20 heavy (non-hydrogen) atoms. The normalized spacial score (nSPS) is 20.9. The number of para-hydroxylation sites is 1. The fourth-order valence-corrected chi connectivity index (χ4v) is 2.19. The van der Waals surface area contributed by atoms with Crippen LogP contribution in [0.4, 0.5) is 8.78 Å². The molecule has 1 N–H and O–H groups in total. The Morgan fingerprint density at radius 3 is 2.85 bits per heavy atom. The van der Waals surface area contributed by atoms with Gasteiger partial charge in [-0.3, -0.25) is 4.79 Å². The van der Waals surface area contributed by atoms with Crippen molar-refractivity contribution in [3.8, 4) is 5.75 Å². The van der Waals surface area contributed by atoms with E-state index in [1.165, 1.54) is 24.0 Å². The van der Waals surface area contributed by atoms with Gasteiger partial charge >= 0.3 is 6.61 Å². The summed E-state index contributed by atoms with van der Waals surface area (Å²) in [5.74, 6) is -0.117. The number of hydrogen-bond donors (Lipinski definition) is 1. The van der Waals surface area contributed by atoms with Crippen LogP contribution in [0.2, 0.25) is 0 Å². The number of ether oxygens (including phenoxy) is 1. The van der Waals surface area contributed by atoms with Crippen molar-refractivity contribution in [2.45, 2.75) is 18.8 Å². The zero-order valence-electron chi connectivity index (χ0n) is 10.4. The Hall–Kier alpha value is -1.96. The first-order chi connectivity index (χ1) is 9.56. The number of alkyl halides is 2. The second-order valence-electron chi connectivity index (χ2n) is 3.82. The van der Waals surface area contributed by atoms with Crippen molar-refractivity contribution in [1.29, 1.82) is 0 Å². The van der Waals surface area contributed by atoms with E-state index in [1.54, 1.807) is 25.1 Å². The minimum atomic E-state index is -2.90. The molecule has 106 valence electrons. The fourth-order valence-electron chi connectivity index (χ4n) is 1.44. The maximum atomic E-state index is 12.2. The molecular weight excluding hydrogens is 288 g/mol. The highest BCUT2D eigenvalue weighted by Crippen LogP contribution is 2.20. The summed E-state index contributed by atoms with van der Waals surface area (Å²) in [7, 11) is 0. The minimum Gasteiger partial charge on any atom is -0.434 e. The number of halogens is 2. The second kappa shape index (κ2) is 6.47. The molecule has 1 aromatic rings. The van der Waals surface area contributed by atoms with Gasteiger partial charge in [-0.25, -0.2) is 0 Å². The number of amides is 1. The lowest BCUT2D eigenvalue weighted by atomic mass is 10.2. The number of benzene rings is 1. The molecule has 1 aliphatic heterocycles. The van der Waals surface area contributed by atoms with E-state index in [-0.39, 0.29) is 16.9 Å². The van der Waals surface area contributed by atoms with Gasteiger partial charge in [0.1, 0.15) is 5.75 Å². The predicted octanol–water partition coefficient (Wildman–Crippen LogP) is 2.23. The van der Waals surface area contributed by atoms with Gasteiger partial charge in [0.2, 0.25) is 5.91 Å². The molecule has 0 unspecified atom stereocenters. The fraction of sp³-hybridized carbons (Fsp3) is 0.250. The Bertz CT molecular complexity index is 563. The quantitative estimate of drug-likeness (QED) is 0.685. The van der Waals surface area contributed by atoms with E-state index >= 15 is 0 Å². The Kier molecular flexibility index (Phi) is 4.67. The molecule has 1 saturated heterocycles. The molecule has 1 amide bonds. The molecule has 0 saturated carbocycles. The summed E-state index contributed by atoms with van der Waals surface area (Å²) >= 11 is 1.25. The standard InChI is InChI=1S/C12H11F2N3O2S/c1-7-10(18)16-12(20-7)17-15-6-8-4-2-3-5-9(8)19-11(13)14/h2-7,11H,1H3,(H,16,17,18)/b15-6-/t7-/m0/s1. The zero-order valence-corrected chi connectivity index (χ0v) is 11.2. The van der Waals surface area contributed by atoms with Gasteiger partial charge in [-0.05, 0) is 19.1 Å². The molecule has 0 spiro atoms. The maximum absolute atomic E-state index is 12.2. The highest BCUT2D eigenvalue weighted by molar-refractivity contribution is 8.15. The number of hydrogen-bond acceptors (Lipinski definition) is 5. The van der Waals surface area contributed by atoms with Gasteiger partial charge in [0.15, 0.2) is 5.17 Å². The summed E-state index contributed by atoms with van der Waals surface area (Å²) < 4.78 is 28.8. The Morgan fingerprint density at radius 2 is 2.20 bits per heavy atom. The van der Waals surface area contributed by atoms with Crippen LogP contribution in [0.5, 0.6) is 5.75 Å². The first-order valence-electron chi connectivity index (χ1n) is 5.68. The smallest absolute Gasteiger partial charge is 0.387 e. The zero-order chi connectivity index (χ0) is 14.5. The van der Waals surface area contributed by atoms with Gasteiger partial charge < -0.3 is 10.1 Å². The topological polar surface area (TPSA) is 63.1 Å². The van der Waals surface area contributed by atoms with Gasteiger partial charge in [-0.1, -0.05) is 23.9 Å². The molecule has 0 aliphatic carbocycles. The lowest BCUT2D eigenvalue weighted by molar-refractivity contribution is -0.118. The summed E-state index contributed by atoms with van der Waals surface area (Å²) in [6.45, 7) is -1.15. The van der Waals surface area contributed by atoms with E-state index in [1.807, 2.05) is 0 Å². The Labute approximate surface area is 118 Å². The molecule has 0 bridgehead atoms. The Balaban J connectivity index is 2.08. The van der Waals surface area contributed by atoms with Crippen LogP contribution < -0.4 is 10.1 Å². The van der Waals surface area contributed by atoms with Gasteiger partial charge in [-0.15, -0.1) is 5.10 Å². The number of nitrogens with zero attached hydrogens (tertiary/aromatic N) is 2. The SMILES string of the molecule is C[C@@H]1SC(=N/N=C\c2ccccc2OC(F)F)NC1=O. The van der Waals surface area contributed by atoms with Crippen LogP contribution in [0.25, 0.3) is 0 Å². The lowest BCUT2D eigenvalue weighted by Gasteiger charge is -2.06. The average Bonchev–Trinajstić information content (AvgIpc) is 2.70. The number of carbonyl (C=O) groups is 1. The van der Waals surface area contributed by atoms with E-state index in [0.29, 0.717) is 10.7 Å². The second-order valence-corrected chi connectivity index (χ2v) is 5.14. The van der Waals surface area contributed by atoms with Gasteiger partial charge in [0, 0.05) is 5.56 Å². The van der Waals surface area contributed by atoms with Crippen molar-refractivity contribution in [1.82, 2.24) is 5.32 Å². The van der Waals surface area contributed by atoms with E-state index in [2.05, 4.69) is 20.3 Å². The van der Waals surface area contributed by atoms with E-state index in [0.717, 1.165) is 0 Å². The summed E-state index contributed by atoms with van der Waals surface area (Å²) in [5, 5.41) is 10.3. The summed E-state index contributed by atoms with van der Waals surface area (Å²) in [5.41, 5.74) is 0.375. The van der Waals surface area contributed by atoms with Crippen molar-refractivity contribution in [3.63, 3.8) is 0 Å². The minimum absolute atomic E-state index is 0.0166. The molecule has 0 radical (unpaired) electrons. The number of carbonyl (C=O) groups excluding carboxylic acids is 1. The van der Waals surface area contributed by atoms with E-state index in [9.17, 15) is 13.6 Å². The molecule has 1 aromatic carbocycles. The molecule has 1 heterocycles. The highest BCUT2D eigenvalue weighted by Gasteiger charge is 2.25. The molecule has 1 fully saturated rings. The first-order valence-corrected chi connectivity index (χ1v) is 6.56. The number of rotatable bonds is 4. The maximum Gasteiger partial charge on any atom is 0.387 e. The van der Waals surface area contributed by atoms with E-state index < -0.39 is 6.61 Å². The molecule has 1 aliphatic rings. The van der Waals surface area contributed by atoms with Crippen molar-refractivity contribution in [3.05, 3.63) is 29.8 Å². The molecule has 1 atom stereocenters. The van der Waals surface area contributed by atoms with Crippen molar-refractivity contribution in [2.75, 3.05) is 0 Å². The van der Waals surface area contributed by atoms with Crippen LogP contribution in [-0.2, 0) is 4.79 Å². The number of nitrogens with one attached hydrogen (secondary N) is 1. The van der Waals surface area contributed by atoms with Crippen LogP contribution >= 0.6 is 11.8 Å². The summed E-state index contributed by atoms with van der Waals surface area (Å²) in [6, 6.07) is 6.23. The van der Waals surface area contributed by atoms with Crippen LogP contribution in [0.1, 0.15) is 12.5 Å². The van der Waals surface area contributed by atoms with Crippen LogP contribution in [0.3, 0.4) is 0 Å². The largest absolute Gasteiger partial charge is 0.434 e. The molecule has 0 aromatic heterocycles.